The maximum absolute atomic E-state index is 5.82. The zero-order valence-corrected chi connectivity index (χ0v) is 7.14. The molecule has 58 valence electrons. The van der Waals surface area contributed by atoms with Crippen LogP contribution in [0, 0.1) is 0 Å². The SMILES string of the molecule is CN1c2ccccc2SC1N. The average molecular weight is 166 g/mol. The van der Waals surface area contributed by atoms with Gasteiger partial charge in [0.1, 0.15) is 5.50 Å². The minimum absolute atomic E-state index is 0.0902. The van der Waals surface area contributed by atoms with Gasteiger partial charge in [0.15, 0.2) is 0 Å². The van der Waals surface area contributed by atoms with Crippen LogP contribution >= 0.6 is 11.8 Å². The molecule has 1 aliphatic rings. The Labute approximate surface area is 70.4 Å². The number of hydrogen-bond donors (Lipinski definition) is 1. The molecule has 2 rings (SSSR count). The Balaban J connectivity index is 2.47. The van der Waals surface area contributed by atoms with Gasteiger partial charge in [0.05, 0.1) is 5.69 Å². The average Bonchev–Trinajstić information content (AvgIpc) is 2.30. The van der Waals surface area contributed by atoms with E-state index in [9.17, 15) is 0 Å². The minimum atomic E-state index is 0.0902. The molecule has 1 heterocycles. The predicted octanol–water partition coefficient (Wildman–Crippen LogP) is 1.47. The lowest BCUT2D eigenvalue weighted by Gasteiger charge is -2.16. The fraction of sp³-hybridized carbons (Fsp3) is 0.250. The van der Waals surface area contributed by atoms with Crippen LogP contribution in [0.25, 0.3) is 0 Å². The molecular formula is C8H10N2S. The molecule has 11 heavy (non-hydrogen) atoms. The Hall–Kier alpha value is -0.670. The van der Waals surface area contributed by atoms with Crippen LogP contribution in [-0.4, -0.2) is 12.5 Å². The molecule has 0 amide bonds. The molecule has 0 spiro atoms. The van der Waals surface area contributed by atoms with Gasteiger partial charge in [-0.05, 0) is 12.1 Å². The molecule has 1 aromatic carbocycles. The van der Waals surface area contributed by atoms with Gasteiger partial charge in [-0.3, -0.25) is 0 Å². The van der Waals surface area contributed by atoms with E-state index in [-0.39, 0.29) is 5.50 Å². The fourth-order valence-electron chi connectivity index (χ4n) is 1.19. The van der Waals surface area contributed by atoms with Crippen molar-refractivity contribution in [2.75, 3.05) is 11.9 Å². The van der Waals surface area contributed by atoms with Crippen molar-refractivity contribution in [2.45, 2.75) is 10.4 Å². The number of nitrogens with two attached hydrogens (primary N) is 1. The lowest BCUT2D eigenvalue weighted by Crippen LogP contribution is -2.32. The number of benzene rings is 1. The maximum atomic E-state index is 5.82. The van der Waals surface area contributed by atoms with Gasteiger partial charge in [0, 0.05) is 11.9 Å². The third-order valence-electron chi connectivity index (χ3n) is 1.87. The van der Waals surface area contributed by atoms with Gasteiger partial charge in [-0.1, -0.05) is 23.9 Å². The second-order valence-electron chi connectivity index (χ2n) is 2.59. The van der Waals surface area contributed by atoms with Crippen molar-refractivity contribution in [1.82, 2.24) is 0 Å². The highest BCUT2D eigenvalue weighted by atomic mass is 32.2. The Kier molecular flexibility index (Phi) is 1.55. The van der Waals surface area contributed by atoms with Crippen LogP contribution in [0.5, 0.6) is 0 Å². The quantitative estimate of drug-likeness (QED) is 0.633. The largest absolute Gasteiger partial charge is 0.349 e. The van der Waals surface area contributed by atoms with E-state index in [0.29, 0.717) is 0 Å². The number of fused-ring (bicyclic) bond motifs is 1. The van der Waals surface area contributed by atoms with E-state index in [1.807, 2.05) is 19.2 Å². The summed E-state index contributed by atoms with van der Waals surface area (Å²) < 4.78 is 0. The van der Waals surface area contributed by atoms with Crippen molar-refractivity contribution >= 4 is 17.4 Å². The van der Waals surface area contributed by atoms with E-state index in [2.05, 4.69) is 17.0 Å². The van der Waals surface area contributed by atoms with Crippen LogP contribution in [0.2, 0.25) is 0 Å². The Morgan fingerprint density at radius 1 is 1.45 bits per heavy atom. The van der Waals surface area contributed by atoms with Gasteiger partial charge in [0.2, 0.25) is 0 Å². The van der Waals surface area contributed by atoms with E-state index >= 15 is 0 Å². The van der Waals surface area contributed by atoms with Crippen LogP contribution in [0.3, 0.4) is 0 Å². The van der Waals surface area contributed by atoms with Gasteiger partial charge in [-0.25, -0.2) is 0 Å². The van der Waals surface area contributed by atoms with Gasteiger partial charge in [0.25, 0.3) is 0 Å². The van der Waals surface area contributed by atoms with Crippen LogP contribution in [0.4, 0.5) is 5.69 Å². The van der Waals surface area contributed by atoms with E-state index in [1.54, 1.807) is 11.8 Å². The monoisotopic (exact) mass is 166 g/mol. The van der Waals surface area contributed by atoms with Crippen LogP contribution in [0.1, 0.15) is 0 Å². The lowest BCUT2D eigenvalue weighted by atomic mass is 10.3. The first-order chi connectivity index (χ1) is 5.29. The third-order valence-corrected chi connectivity index (χ3v) is 3.03. The zero-order chi connectivity index (χ0) is 7.84. The highest BCUT2D eigenvalue weighted by Gasteiger charge is 2.22. The molecule has 2 N–H and O–H groups in total. The van der Waals surface area contributed by atoms with E-state index < -0.39 is 0 Å². The standard InChI is InChI=1S/C8H10N2S/c1-10-6-4-2-3-5-7(6)11-8(10)9/h2-5,8H,9H2,1H3. The second kappa shape index (κ2) is 2.43. The number of hydrogen-bond acceptors (Lipinski definition) is 3. The molecule has 1 aromatic rings. The second-order valence-corrected chi connectivity index (χ2v) is 3.75. The van der Waals surface area contributed by atoms with Crippen molar-refractivity contribution in [3.63, 3.8) is 0 Å². The first-order valence-corrected chi connectivity index (χ1v) is 4.41. The summed E-state index contributed by atoms with van der Waals surface area (Å²) in [5.41, 5.74) is 7.15. The molecule has 3 heteroatoms. The Bertz CT molecular complexity index is 275. The summed E-state index contributed by atoms with van der Waals surface area (Å²) >= 11 is 1.70. The summed E-state index contributed by atoms with van der Waals surface area (Å²) in [7, 11) is 2.02. The molecule has 1 unspecified atom stereocenters. The van der Waals surface area contributed by atoms with Crippen molar-refractivity contribution in [3.05, 3.63) is 24.3 Å². The molecule has 2 nitrogen and oxygen atoms in total. The summed E-state index contributed by atoms with van der Waals surface area (Å²) in [5, 5.41) is 0. The predicted molar refractivity (Wildman–Crippen MR) is 48.7 cm³/mol. The third kappa shape index (κ3) is 1.01. The zero-order valence-electron chi connectivity index (χ0n) is 6.32. The highest BCUT2D eigenvalue weighted by Crippen LogP contribution is 2.39. The summed E-state index contributed by atoms with van der Waals surface area (Å²) in [6.07, 6.45) is 0. The summed E-state index contributed by atoms with van der Waals surface area (Å²) in [4.78, 5) is 3.36. The van der Waals surface area contributed by atoms with E-state index in [0.717, 1.165) is 0 Å². The van der Waals surface area contributed by atoms with Crippen molar-refractivity contribution in [1.29, 1.82) is 0 Å². The highest BCUT2D eigenvalue weighted by molar-refractivity contribution is 8.00. The van der Waals surface area contributed by atoms with Gasteiger partial charge in [-0.2, -0.15) is 0 Å². The van der Waals surface area contributed by atoms with Gasteiger partial charge < -0.3 is 10.6 Å². The Morgan fingerprint density at radius 2 is 2.18 bits per heavy atom. The molecule has 1 atom stereocenters. The van der Waals surface area contributed by atoms with E-state index in [4.69, 9.17) is 5.73 Å². The first kappa shape index (κ1) is 7.00. The molecule has 0 fully saturated rings. The smallest absolute Gasteiger partial charge is 0.130 e. The lowest BCUT2D eigenvalue weighted by molar-refractivity contribution is 0.887. The number of rotatable bonds is 0. The molecular weight excluding hydrogens is 156 g/mol. The van der Waals surface area contributed by atoms with Crippen LogP contribution < -0.4 is 10.6 Å². The summed E-state index contributed by atoms with van der Waals surface area (Å²) in [6, 6.07) is 8.27. The molecule has 0 saturated heterocycles. The molecule has 1 aliphatic heterocycles. The number of anilines is 1. The first-order valence-electron chi connectivity index (χ1n) is 3.53. The fourth-order valence-corrected chi connectivity index (χ4v) is 2.22. The Morgan fingerprint density at radius 3 is 2.91 bits per heavy atom. The molecule has 0 aliphatic carbocycles. The van der Waals surface area contributed by atoms with Crippen molar-refractivity contribution < 1.29 is 0 Å². The summed E-state index contributed by atoms with van der Waals surface area (Å²) in [6.45, 7) is 0. The van der Waals surface area contributed by atoms with E-state index in [1.165, 1.54) is 10.6 Å². The van der Waals surface area contributed by atoms with Crippen LogP contribution in [-0.2, 0) is 0 Å². The number of para-hydroxylation sites is 1. The summed E-state index contributed by atoms with van der Waals surface area (Å²) in [5.74, 6) is 0. The normalized spacial score (nSPS) is 22.0. The number of nitrogens with zero attached hydrogens (tertiary/aromatic N) is 1. The van der Waals surface area contributed by atoms with Gasteiger partial charge >= 0.3 is 0 Å². The molecule has 0 bridgehead atoms. The molecule has 0 saturated carbocycles. The molecule has 0 radical (unpaired) electrons. The van der Waals surface area contributed by atoms with Crippen molar-refractivity contribution in [3.8, 4) is 0 Å². The maximum Gasteiger partial charge on any atom is 0.130 e. The topological polar surface area (TPSA) is 29.3 Å². The molecule has 0 aromatic heterocycles. The van der Waals surface area contributed by atoms with Gasteiger partial charge in [-0.15, -0.1) is 0 Å². The van der Waals surface area contributed by atoms with Crippen LogP contribution in [0.15, 0.2) is 29.2 Å². The van der Waals surface area contributed by atoms with Crippen molar-refractivity contribution in [2.24, 2.45) is 5.73 Å². The number of thioether (sulfide) groups is 1. The minimum Gasteiger partial charge on any atom is -0.349 e.